The minimum Gasteiger partial charge on any atom is -0.493 e. The van der Waals surface area contributed by atoms with Crippen LogP contribution in [0.25, 0.3) is 0 Å². The fraction of sp³-hybridized carbons (Fsp3) is 0.308. The van der Waals surface area contributed by atoms with Crippen LogP contribution in [0.15, 0.2) is 30.6 Å². The standard InChI is InChI=1S/C13H14N2O2/c16-13(11-7-14-15-8-11)10-3-4-12-9(6-10)2-1-5-17-12/h3-4,6-8,13,16H,1-2,5H2,(H,14,15). The van der Waals surface area contributed by atoms with Crippen molar-refractivity contribution in [2.24, 2.45) is 0 Å². The molecule has 0 aliphatic carbocycles. The van der Waals surface area contributed by atoms with Gasteiger partial charge in [-0.15, -0.1) is 0 Å². The maximum atomic E-state index is 10.2. The van der Waals surface area contributed by atoms with E-state index in [1.807, 2.05) is 18.2 Å². The Morgan fingerprint density at radius 3 is 3.12 bits per heavy atom. The zero-order valence-corrected chi connectivity index (χ0v) is 9.39. The first-order valence-corrected chi connectivity index (χ1v) is 5.77. The van der Waals surface area contributed by atoms with Crippen molar-refractivity contribution < 1.29 is 9.84 Å². The summed E-state index contributed by atoms with van der Waals surface area (Å²) in [6.45, 7) is 0.788. The topological polar surface area (TPSA) is 58.1 Å². The Hall–Kier alpha value is -1.81. The third-order valence-corrected chi connectivity index (χ3v) is 3.08. The summed E-state index contributed by atoms with van der Waals surface area (Å²) in [5, 5.41) is 16.7. The van der Waals surface area contributed by atoms with Gasteiger partial charge in [0.2, 0.25) is 0 Å². The molecule has 4 heteroatoms. The smallest absolute Gasteiger partial charge is 0.122 e. The Morgan fingerprint density at radius 2 is 2.29 bits per heavy atom. The van der Waals surface area contributed by atoms with Crippen LogP contribution in [0.2, 0.25) is 0 Å². The molecule has 88 valence electrons. The molecule has 17 heavy (non-hydrogen) atoms. The molecule has 1 aromatic carbocycles. The number of aliphatic hydroxyl groups excluding tert-OH is 1. The predicted octanol–water partition coefficient (Wildman–Crippen LogP) is 1.82. The number of hydrogen-bond acceptors (Lipinski definition) is 3. The Kier molecular flexibility index (Phi) is 2.57. The normalized spacial score (nSPS) is 16.1. The van der Waals surface area contributed by atoms with Gasteiger partial charge in [0, 0.05) is 11.8 Å². The van der Waals surface area contributed by atoms with Crippen molar-refractivity contribution in [2.45, 2.75) is 18.9 Å². The molecular weight excluding hydrogens is 216 g/mol. The summed E-state index contributed by atoms with van der Waals surface area (Å²) in [5.41, 5.74) is 2.84. The molecule has 0 spiro atoms. The zero-order chi connectivity index (χ0) is 11.7. The van der Waals surface area contributed by atoms with E-state index in [0.717, 1.165) is 36.3 Å². The molecule has 2 N–H and O–H groups in total. The summed E-state index contributed by atoms with van der Waals surface area (Å²) < 4.78 is 5.55. The van der Waals surface area contributed by atoms with Gasteiger partial charge < -0.3 is 9.84 Å². The Bertz CT molecular complexity index is 508. The second-order valence-electron chi connectivity index (χ2n) is 4.25. The Labute approximate surface area is 99.2 Å². The van der Waals surface area contributed by atoms with E-state index >= 15 is 0 Å². The SMILES string of the molecule is OC(c1cn[nH]c1)c1ccc2c(c1)CCCO2. The van der Waals surface area contributed by atoms with Crippen LogP contribution >= 0.6 is 0 Å². The number of aliphatic hydroxyl groups is 1. The fourth-order valence-electron chi connectivity index (χ4n) is 2.15. The lowest BCUT2D eigenvalue weighted by molar-refractivity contribution is 0.219. The number of H-pyrrole nitrogens is 1. The first-order valence-electron chi connectivity index (χ1n) is 5.77. The number of benzene rings is 1. The van der Waals surface area contributed by atoms with E-state index in [1.165, 1.54) is 5.56 Å². The van der Waals surface area contributed by atoms with Gasteiger partial charge in [0.1, 0.15) is 11.9 Å². The highest BCUT2D eigenvalue weighted by molar-refractivity contribution is 5.41. The lowest BCUT2D eigenvalue weighted by atomic mass is 9.98. The minimum absolute atomic E-state index is 0.624. The molecule has 1 aliphatic rings. The first-order chi connectivity index (χ1) is 8.34. The summed E-state index contributed by atoms with van der Waals surface area (Å²) in [6.07, 6.45) is 4.78. The molecule has 0 amide bonds. The highest BCUT2D eigenvalue weighted by atomic mass is 16.5. The van der Waals surface area contributed by atoms with Gasteiger partial charge in [-0.3, -0.25) is 5.10 Å². The number of fused-ring (bicyclic) bond motifs is 1. The molecule has 0 saturated heterocycles. The number of rotatable bonds is 2. The first kappa shape index (κ1) is 10.4. The average Bonchev–Trinajstić information content (AvgIpc) is 2.91. The molecule has 0 bridgehead atoms. The van der Waals surface area contributed by atoms with Gasteiger partial charge in [-0.25, -0.2) is 0 Å². The van der Waals surface area contributed by atoms with Crippen LogP contribution in [0, 0.1) is 0 Å². The fourth-order valence-corrected chi connectivity index (χ4v) is 2.15. The van der Waals surface area contributed by atoms with Gasteiger partial charge in [0.05, 0.1) is 12.8 Å². The van der Waals surface area contributed by atoms with Crippen LogP contribution < -0.4 is 4.74 Å². The monoisotopic (exact) mass is 230 g/mol. The number of ether oxygens (including phenoxy) is 1. The van der Waals surface area contributed by atoms with Crippen molar-refractivity contribution in [2.75, 3.05) is 6.61 Å². The van der Waals surface area contributed by atoms with Crippen molar-refractivity contribution >= 4 is 0 Å². The highest BCUT2D eigenvalue weighted by Crippen LogP contribution is 2.29. The minimum atomic E-state index is -0.624. The van der Waals surface area contributed by atoms with Gasteiger partial charge in [-0.1, -0.05) is 6.07 Å². The lowest BCUT2D eigenvalue weighted by Gasteiger charge is -2.19. The molecule has 0 saturated carbocycles. The zero-order valence-electron chi connectivity index (χ0n) is 9.39. The van der Waals surface area contributed by atoms with Crippen LogP contribution in [0.3, 0.4) is 0 Å². The Morgan fingerprint density at radius 1 is 1.35 bits per heavy atom. The molecule has 1 unspecified atom stereocenters. The lowest BCUT2D eigenvalue weighted by Crippen LogP contribution is -2.09. The largest absolute Gasteiger partial charge is 0.493 e. The quantitative estimate of drug-likeness (QED) is 0.827. The van der Waals surface area contributed by atoms with Crippen LogP contribution in [0.4, 0.5) is 0 Å². The molecule has 1 aliphatic heterocycles. The summed E-state index contributed by atoms with van der Waals surface area (Å²) in [5.74, 6) is 0.944. The van der Waals surface area contributed by atoms with Crippen molar-refractivity contribution in [3.63, 3.8) is 0 Å². The summed E-state index contributed by atoms with van der Waals surface area (Å²) >= 11 is 0. The Balaban J connectivity index is 1.93. The van der Waals surface area contributed by atoms with E-state index in [9.17, 15) is 5.11 Å². The number of nitrogens with zero attached hydrogens (tertiary/aromatic N) is 1. The van der Waals surface area contributed by atoms with Gasteiger partial charge in [0.15, 0.2) is 0 Å². The maximum Gasteiger partial charge on any atom is 0.122 e. The second-order valence-corrected chi connectivity index (χ2v) is 4.25. The molecule has 2 heterocycles. The summed E-state index contributed by atoms with van der Waals surface area (Å²) in [6, 6.07) is 5.86. The number of aromatic nitrogens is 2. The molecule has 3 rings (SSSR count). The van der Waals surface area contributed by atoms with Gasteiger partial charge in [-0.2, -0.15) is 5.10 Å². The van der Waals surface area contributed by atoms with Crippen molar-refractivity contribution in [1.82, 2.24) is 10.2 Å². The van der Waals surface area contributed by atoms with E-state index in [2.05, 4.69) is 10.2 Å². The predicted molar refractivity (Wildman–Crippen MR) is 62.9 cm³/mol. The van der Waals surface area contributed by atoms with Crippen LogP contribution in [0.1, 0.15) is 29.2 Å². The van der Waals surface area contributed by atoms with Crippen molar-refractivity contribution in [3.05, 3.63) is 47.3 Å². The second kappa shape index (κ2) is 4.22. The number of aromatic amines is 1. The highest BCUT2D eigenvalue weighted by Gasteiger charge is 2.16. The third kappa shape index (κ3) is 1.91. The van der Waals surface area contributed by atoms with Crippen LogP contribution in [0.5, 0.6) is 5.75 Å². The molecule has 1 aromatic heterocycles. The van der Waals surface area contributed by atoms with Crippen molar-refractivity contribution in [3.8, 4) is 5.75 Å². The van der Waals surface area contributed by atoms with E-state index in [4.69, 9.17) is 4.74 Å². The van der Waals surface area contributed by atoms with E-state index in [-0.39, 0.29) is 0 Å². The van der Waals surface area contributed by atoms with Gasteiger partial charge in [-0.05, 0) is 36.1 Å². The van der Waals surface area contributed by atoms with Crippen LogP contribution in [-0.4, -0.2) is 21.9 Å². The summed E-state index contributed by atoms with van der Waals surface area (Å²) in [7, 11) is 0. The molecule has 2 aromatic rings. The molecule has 0 radical (unpaired) electrons. The molecule has 0 fully saturated rings. The summed E-state index contributed by atoms with van der Waals surface area (Å²) in [4.78, 5) is 0. The number of nitrogens with one attached hydrogen (secondary N) is 1. The van der Waals surface area contributed by atoms with E-state index < -0.39 is 6.10 Å². The number of aryl methyl sites for hydroxylation is 1. The molecule has 4 nitrogen and oxygen atoms in total. The molecular formula is C13H14N2O2. The third-order valence-electron chi connectivity index (χ3n) is 3.08. The van der Waals surface area contributed by atoms with Gasteiger partial charge >= 0.3 is 0 Å². The van der Waals surface area contributed by atoms with E-state index in [1.54, 1.807) is 12.4 Å². The molecule has 1 atom stereocenters. The average molecular weight is 230 g/mol. The van der Waals surface area contributed by atoms with Crippen molar-refractivity contribution in [1.29, 1.82) is 0 Å². The van der Waals surface area contributed by atoms with E-state index in [0.29, 0.717) is 0 Å². The number of hydrogen-bond donors (Lipinski definition) is 2. The van der Waals surface area contributed by atoms with Gasteiger partial charge in [0.25, 0.3) is 0 Å². The van der Waals surface area contributed by atoms with Crippen LogP contribution in [-0.2, 0) is 6.42 Å². The maximum absolute atomic E-state index is 10.2.